The molecule has 11 rings (SSSR count). The van der Waals surface area contributed by atoms with Crippen molar-refractivity contribution in [2.75, 3.05) is 0 Å². The van der Waals surface area contributed by atoms with Crippen molar-refractivity contribution >= 4 is 43.7 Å². The van der Waals surface area contributed by atoms with E-state index in [2.05, 4.69) is 132 Å². The summed E-state index contributed by atoms with van der Waals surface area (Å²) in [6.07, 6.45) is 0. The third-order valence-corrected chi connectivity index (χ3v) is 10.6. The molecule has 262 valence electrons. The Labute approximate surface area is 322 Å². The molecule has 0 aliphatic rings. The second kappa shape index (κ2) is 13.0. The van der Waals surface area contributed by atoms with Crippen molar-refractivity contribution in [1.82, 2.24) is 19.5 Å². The van der Waals surface area contributed by atoms with E-state index in [-0.39, 0.29) is 0 Å². The van der Waals surface area contributed by atoms with Gasteiger partial charge in [-0.3, -0.25) is 0 Å². The maximum atomic E-state index is 6.49. The third-order valence-electron chi connectivity index (χ3n) is 10.6. The van der Waals surface area contributed by atoms with Crippen LogP contribution >= 0.6 is 0 Å². The molecule has 11 aromatic rings. The van der Waals surface area contributed by atoms with E-state index in [1.54, 1.807) is 0 Å². The van der Waals surface area contributed by atoms with Gasteiger partial charge in [-0.15, -0.1) is 0 Å². The second-order valence-corrected chi connectivity index (χ2v) is 14.1. The van der Waals surface area contributed by atoms with Gasteiger partial charge in [0, 0.05) is 43.9 Å². The average Bonchev–Trinajstić information content (AvgIpc) is 3.81. The van der Waals surface area contributed by atoms with Gasteiger partial charge in [-0.2, -0.15) is 0 Å². The molecule has 0 radical (unpaired) electrons. The largest absolute Gasteiger partial charge is 0.456 e. The standard InChI is InChI=1S/C51H32N4O/c1-5-13-33(14-6-1)38-21-25-41-43-29-36(23-27-45(43)55(46(41)31-38)40-19-11-4-12-20-40)37-24-28-47-44(30-37)42-26-22-39(32-48(42)56-47)51-53-49(34-15-7-2-8-16-34)52-50(54-51)35-17-9-3-10-18-35/h1-32H. The number of rotatable bonds is 6. The Morgan fingerprint density at radius 2 is 0.804 bits per heavy atom. The molecular formula is C51H32N4O. The summed E-state index contributed by atoms with van der Waals surface area (Å²) < 4.78 is 8.87. The number of furan rings is 1. The Balaban J connectivity index is 1.01. The topological polar surface area (TPSA) is 56.7 Å². The highest BCUT2D eigenvalue weighted by molar-refractivity contribution is 6.12. The molecule has 0 aliphatic heterocycles. The number of fused-ring (bicyclic) bond motifs is 6. The van der Waals surface area contributed by atoms with Crippen molar-refractivity contribution in [2.24, 2.45) is 0 Å². The number of aromatic nitrogens is 4. The molecule has 0 saturated heterocycles. The van der Waals surface area contributed by atoms with Crippen LogP contribution in [0.2, 0.25) is 0 Å². The molecular weight excluding hydrogens is 685 g/mol. The van der Waals surface area contributed by atoms with Crippen molar-refractivity contribution in [3.05, 3.63) is 194 Å². The summed E-state index contributed by atoms with van der Waals surface area (Å²) in [6, 6.07) is 67.6. The quantitative estimate of drug-likeness (QED) is 0.172. The number of nitrogens with zero attached hydrogens (tertiary/aromatic N) is 4. The van der Waals surface area contributed by atoms with Crippen molar-refractivity contribution < 1.29 is 4.42 Å². The molecule has 5 nitrogen and oxygen atoms in total. The van der Waals surface area contributed by atoms with E-state index in [0.29, 0.717) is 17.5 Å². The van der Waals surface area contributed by atoms with Gasteiger partial charge in [-0.1, -0.05) is 140 Å². The third kappa shape index (κ3) is 5.45. The molecule has 3 heterocycles. The van der Waals surface area contributed by atoms with Gasteiger partial charge in [0.15, 0.2) is 17.5 Å². The molecule has 0 amide bonds. The first-order valence-electron chi connectivity index (χ1n) is 18.8. The van der Waals surface area contributed by atoms with Gasteiger partial charge >= 0.3 is 0 Å². The van der Waals surface area contributed by atoms with Crippen LogP contribution in [0.3, 0.4) is 0 Å². The highest BCUT2D eigenvalue weighted by Crippen LogP contribution is 2.39. The van der Waals surface area contributed by atoms with Crippen LogP contribution in [0.25, 0.3) is 106 Å². The first-order chi connectivity index (χ1) is 27.7. The Kier molecular flexibility index (Phi) is 7.42. The average molecular weight is 717 g/mol. The van der Waals surface area contributed by atoms with E-state index >= 15 is 0 Å². The van der Waals surface area contributed by atoms with Gasteiger partial charge < -0.3 is 8.98 Å². The SMILES string of the molecule is c1ccc(-c2ccc3c4cc(-c5ccc6oc7cc(-c8nc(-c9ccccc9)nc(-c9ccccc9)n8)ccc7c6c5)ccc4n(-c4ccccc4)c3c2)cc1. The van der Waals surface area contributed by atoms with Crippen LogP contribution in [0.15, 0.2) is 199 Å². The van der Waals surface area contributed by atoms with Crippen molar-refractivity contribution in [3.63, 3.8) is 0 Å². The Bertz CT molecular complexity index is 3170. The summed E-state index contributed by atoms with van der Waals surface area (Å²) in [6.45, 7) is 0. The number of benzene rings is 8. The molecule has 0 bridgehead atoms. The minimum absolute atomic E-state index is 0.597. The van der Waals surface area contributed by atoms with Crippen LogP contribution in [0.1, 0.15) is 0 Å². The summed E-state index contributed by atoms with van der Waals surface area (Å²) >= 11 is 0. The fraction of sp³-hybridized carbons (Fsp3) is 0. The summed E-state index contributed by atoms with van der Waals surface area (Å²) in [7, 11) is 0. The number of hydrogen-bond donors (Lipinski definition) is 0. The minimum Gasteiger partial charge on any atom is -0.456 e. The molecule has 0 aliphatic carbocycles. The lowest BCUT2D eigenvalue weighted by Crippen LogP contribution is -2.00. The summed E-state index contributed by atoms with van der Waals surface area (Å²) in [5.74, 6) is 1.85. The van der Waals surface area contributed by atoms with Crippen molar-refractivity contribution in [1.29, 1.82) is 0 Å². The highest BCUT2D eigenvalue weighted by atomic mass is 16.3. The van der Waals surface area contributed by atoms with E-state index in [1.165, 1.54) is 32.9 Å². The van der Waals surface area contributed by atoms with Crippen LogP contribution in [-0.2, 0) is 0 Å². The summed E-state index contributed by atoms with van der Waals surface area (Å²) in [4.78, 5) is 14.7. The van der Waals surface area contributed by atoms with Gasteiger partial charge in [0.05, 0.1) is 11.0 Å². The van der Waals surface area contributed by atoms with Gasteiger partial charge in [0.2, 0.25) is 0 Å². The van der Waals surface area contributed by atoms with Crippen molar-refractivity contribution in [2.45, 2.75) is 0 Å². The highest BCUT2D eigenvalue weighted by Gasteiger charge is 2.17. The first kappa shape index (κ1) is 31.9. The normalized spacial score (nSPS) is 11.6. The maximum Gasteiger partial charge on any atom is 0.164 e. The maximum absolute atomic E-state index is 6.49. The lowest BCUT2D eigenvalue weighted by molar-refractivity contribution is 0.669. The fourth-order valence-electron chi connectivity index (χ4n) is 7.90. The summed E-state index contributed by atoms with van der Waals surface area (Å²) in [5, 5.41) is 4.54. The van der Waals surface area contributed by atoms with Crippen molar-refractivity contribution in [3.8, 4) is 62.1 Å². The van der Waals surface area contributed by atoms with E-state index in [4.69, 9.17) is 19.4 Å². The number of hydrogen-bond acceptors (Lipinski definition) is 4. The molecule has 56 heavy (non-hydrogen) atoms. The van der Waals surface area contributed by atoms with Crippen LogP contribution in [-0.4, -0.2) is 19.5 Å². The zero-order chi connectivity index (χ0) is 37.0. The molecule has 0 unspecified atom stereocenters. The van der Waals surface area contributed by atoms with E-state index in [9.17, 15) is 0 Å². The molecule has 0 fully saturated rings. The summed E-state index contributed by atoms with van der Waals surface area (Å²) in [5.41, 5.74) is 12.5. The molecule has 0 atom stereocenters. The minimum atomic E-state index is 0.597. The fourth-order valence-corrected chi connectivity index (χ4v) is 7.90. The van der Waals surface area contributed by atoms with Gasteiger partial charge in [-0.25, -0.2) is 15.0 Å². The second-order valence-electron chi connectivity index (χ2n) is 14.1. The van der Waals surface area contributed by atoms with Crippen LogP contribution in [0, 0.1) is 0 Å². The molecule has 0 N–H and O–H groups in total. The number of para-hydroxylation sites is 1. The van der Waals surface area contributed by atoms with Crippen LogP contribution < -0.4 is 0 Å². The Morgan fingerprint density at radius 1 is 0.304 bits per heavy atom. The van der Waals surface area contributed by atoms with E-state index in [0.717, 1.165) is 55.4 Å². The monoisotopic (exact) mass is 716 g/mol. The molecule has 3 aromatic heterocycles. The predicted molar refractivity (Wildman–Crippen MR) is 229 cm³/mol. The zero-order valence-electron chi connectivity index (χ0n) is 30.2. The van der Waals surface area contributed by atoms with Gasteiger partial charge in [0.25, 0.3) is 0 Å². The first-order valence-corrected chi connectivity index (χ1v) is 18.8. The Hall–Kier alpha value is -7.63. The lowest BCUT2D eigenvalue weighted by Gasteiger charge is -2.09. The lowest BCUT2D eigenvalue weighted by atomic mass is 9.99. The smallest absolute Gasteiger partial charge is 0.164 e. The molecule has 5 heteroatoms. The van der Waals surface area contributed by atoms with Crippen LogP contribution in [0.4, 0.5) is 0 Å². The van der Waals surface area contributed by atoms with Gasteiger partial charge in [0.1, 0.15) is 11.2 Å². The molecule has 8 aromatic carbocycles. The predicted octanol–water partition coefficient (Wildman–Crippen LogP) is 13.2. The Morgan fingerprint density at radius 3 is 1.46 bits per heavy atom. The van der Waals surface area contributed by atoms with Gasteiger partial charge in [-0.05, 0) is 76.9 Å². The zero-order valence-corrected chi connectivity index (χ0v) is 30.2. The molecule has 0 saturated carbocycles. The molecule has 0 spiro atoms. The van der Waals surface area contributed by atoms with E-state index < -0.39 is 0 Å². The van der Waals surface area contributed by atoms with E-state index in [1.807, 2.05) is 66.7 Å². The van der Waals surface area contributed by atoms with Crippen LogP contribution in [0.5, 0.6) is 0 Å².